The third-order valence-corrected chi connectivity index (χ3v) is 5.64. The van der Waals surface area contributed by atoms with Crippen molar-refractivity contribution >= 4 is 16.5 Å². The first kappa shape index (κ1) is 16.8. The molecule has 1 aromatic heterocycles. The van der Waals surface area contributed by atoms with Gasteiger partial charge in [0.25, 0.3) is 0 Å². The Hall–Kier alpha value is -0.610. The summed E-state index contributed by atoms with van der Waals surface area (Å²) in [4.78, 5) is 8.82. The molecule has 1 N–H and O–H groups in total. The van der Waals surface area contributed by atoms with Gasteiger partial charge in [0.05, 0.1) is 5.69 Å². The van der Waals surface area contributed by atoms with E-state index in [4.69, 9.17) is 4.98 Å². The van der Waals surface area contributed by atoms with Gasteiger partial charge in [0, 0.05) is 30.1 Å². The van der Waals surface area contributed by atoms with Crippen LogP contribution in [0, 0.1) is 11.8 Å². The van der Waals surface area contributed by atoms with Gasteiger partial charge in [-0.3, -0.25) is 0 Å². The van der Waals surface area contributed by atoms with Gasteiger partial charge >= 0.3 is 0 Å². The summed E-state index contributed by atoms with van der Waals surface area (Å²) >= 11 is 1.89. The van der Waals surface area contributed by atoms with Gasteiger partial charge in [0.1, 0.15) is 0 Å². The van der Waals surface area contributed by atoms with E-state index in [-0.39, 0.29) is 5.54 Å². The van der Waals surface area contributed by atoms with E-state index in [0.29, 0.717) is 0 Å². The first-order valence-electron chi connectivity index (χ1n) is 8.28. The van der Waals surface area contributed by atoms with Crippen molar-refractivity contribution in [3.63, 3.8) is 0 Å². The fraction of sp³-hybridized carbons (Fsp3) is 0.824. The molecule has 0 bridgehead atoms. The Morgan fingerprint density at radius 3 is 2.57 bits per heavy atom. The first-order valence-corrected chi connectivity index (χ1v) is 9.10. The van der Waals surface area contributed by atoms with E-state index in [1.54, 1.807) is 0 Å². The van der Waals surface area contributed by atoms with E-state index in [2.05, 4.69) is 51.8 Å². The van der Waals surface area contributed by atoms with Crippen molar-refractivity contribution in [3.05, 3.63) is 10.6 Å². The van der Waals surface area contributed by atoms with Crippen LogP contribution in [0.25, 0.3) is 0 Å². The van der Waals surface area contributed by atoms with Crippen LogP contribution >= 0.6 is 11.3 Å². The van der Waals surface area contributed by atoms with Gasteiger partial charge in [-0.1, -0.05) is 20.8 Å². The first-order chi connectivity index (χ1) is 9.80. The molecule has 1 aliphatic rings. The summed E-state index contributed by atoms with van der Waals surface area (Å²) in [7, 11) is 0. The van der Waals surface area contributed by atoms with Crippen molar-refractivity contribution in [1.29, 1.82) is 0 Å². The molecule has 21 heavy (non-hydrogen) atoms. The van der Waals surface area contributed by atoms with E-state index in [9.17, 15) is 0 Å². The summed E-state index contributed by atoms with van der Waals surface area (Å²) in [5, 5.41) is 4.83. The van der Waals surface area contributed by atoms with Crippen molar-refractivity contribution in [2.75, 3.05) is 18.0 Å². The number of aromatic nitrogens is 1. The number of thiazole rings is 1. The lowest BCUT2D eigenvalue weighted by molar-refractivity contribution is 0.323. The van der Waals surface area contributed by atoms with Crippen molar-refractivity contribution in [2.24, 2.45) is 11.8 Å². The lowest BCUT2D eigenvalue weighted by Gasteiger charge is -2.35. The number of nitrogens with zero attached hydrogens (tertiary/aromatic N) is 2. The number of aryl methyl sites for hydroxylation is 1. The Kier molecular flexibility index (Phi) is 5.31. The molecule has 4 heteroatoms. The van der Waals surface area contributed by atoms with Crippen LogP contribution in [0.1, 0.15) is 58.5 Å². The van der Waals surface area contributed by atoms with Gasteiger partial charge in [-0.15, -0.1) is 11.3 Å². The summed E-state index contributed by atoms with van der Waals surface area (Å²) in [5.41, 5.74) is 1.43. The standard InChI is InChI=1S/C17H31N3S/c1-7-14-15(10-18-17(4,5)6)21-16(19-14)20-9-8-12(2)13(3)11-20/h12-13,18H,7-11H2,1-6H3. The Balaban J connectivity index is 2.09. The molecule has 1 fully saturated rings. The molecule has 1 saturated heterocycles. The van der Waals surface area contributed by atoms with Gasteiger partial charge in [-0.2, -0.15) is 0 Å². The number of hydrogen-bond donors (Lipinski definition) is 1. The minimum absolute atomic E-state index is 0.157. The largest absolute Gasteiger partial charge is 0.348 e. The van der Waals surface area contributed by atoms with Crippen LogP contribution in [0.15, 0.2) is 0 Å². The molecular weight excluding hydrogens is 278 g/mol. The predicted molar refractivity (Wildman–Crippen MR) is 93.2 cm³/mol. The van der Waals surface area contributed by atoms with Crippen LogP contribution in [0.2, 0.25) is 0 Å². The maximum atomic E-state index is 4.92. The maximum Gasteiger partial charge on any atom is 0.185 e. The van der Waals surface area contributed by atoms with Crippen LogP contribution in [-0.4, -0.2) is 23.6 Å². The fourth-order valence-corrected chi connectivity index (χ4v) is 3.82. The predicted octanol–water partition coefficient (Wildman–Crippen LogP) is 4.08. The molecule has 0 aliphatic carbocycles. The van der Waals surface area contributed by atoms with Crippen molar-refractivity contribution in [2.45, 2.75) is 66.5 Å². The number of hydrogen-bond acceptors (Lipinski definition) is 4. The van der Waals surface area contributed by atoms with Crippen LogP contribution in [0.3, 0.4) is 0 Å². The molecule has 2 unspecified atom stereocenters. The van der Waals surface area contributed by atoms with E-state index < -0.39 is 0 Å². The molecule has 0 radical (unpaired) electrons. The van der Waals surface area contributed by atoms with Crippen LogP contribution < -0.4 is 10.2 Å². The fourth-order valence-electron chi connectivity index (χ4n) is 2.70. The quantitative estimate of drug-likeness (QED) is 0.908. The normalized spacial score (nSPS) is 23.6. The Labute approximate surface area is 134 Å². The second-order valence-corrected chi connectivity index (χ2v) is 8.57. The third kappa shape index (κ3) is 4.43. The second-order valence-electron chi connectivity index (χ2n) is 7.51. The highest BCUT2D eigenvalue weighted by Crippen LogP contribution is 2.32. The van der Waals surface area contributed by atoms with Crippen molar-refractivity contribution in [1.82, 2.24) is 10.3 Å². The molecule has 0 aromatic carbocycles. The summed E-state index contributed by atoms with van der Waals surface area (Å²) in [6.07, 6.45) is 2.31. The van der Waals surface area contributed by atoms with Gasteiger partial charge in [0.2, 0.25) is 0 Å². The lowest BCUT2D eigenvalue weighted by atomic mass is 9.89. The van der Waals surface area contributed by atoms with Gasteiger partial charge in [-0.05, 0) is 45.4 Å². The monoisotopic (exact) mass is 309 g/mol. The number of rotatable bonds is 4. The molecule has 120 valence electrons. The van der Waals surface area contributed by atoms with Gasteiger partial charge in [0.15, 0.2) is 5.13 Å². The topological polar surface area (TPSA) is 28.2 Å². The minimum Gasteiger partial charge on any atom is -0.348 e. The van der Waals surface area contributed by atoms with Crippen molar-refractivity contribution in [3.8, 4) is 0 Å². The summed E-state index contributed by atoms with van der Waals surface area (Å²) < 4.78 is 0. The number of nitrogens with one attached hydrogen (secondary N) is 1. The molecule has 2 heterocycles. The Morgan fingerprint density at radius 1 is 1.29 bits per heavy atom. The second kappa shape index (κ2) is 6.66. The van der Waals surface area contributed by atoms with E-state index in [0.717, 1.165) is 37.9 Å². The molecule has 2 atom stereocenters. The smallest absolute Gasteiger partial charge is 0.185 e. The van der Waals surface area contributed by atoms with Crippen LogP contribution in [0.4, 0.5) is 5.13 Å². The summed E-state index contributed by atoms with van der Waals surface area (Å²) in [6, 6.07) is 0. The number of piperidine rings is 1. The van der Waals surface area contributed by atoms with E-state index in [1.165, 1.54) is 22.1 Å². The molecule has 2 rings (SSSR count). The van der Waals surface area contributed by atoms with Crippen LogP contribution in [-0.2, 0) is 13.0 Å². The SMILES string of the molecule is CCc1nc(N2CCC(C)C(C)C2)sc1CNC(C)(C)C. The minimum atomic E-state index is 0.157. The molecule has 0 amide bonds. The molecule has 1 aliphatic heterocycles. The molecular formula is C17H31N3S. The molecule has 3 nitrogen and oxygen atoms in total. The van der Waals surface area contributed by atoms with Gasteiger partial charge < -0.3 is 10.2 Å². The number of anilines is 1. The Morgan fingerprint density at radius 2 is 2.00 bits per heavy atom. The maximum absolute atomic E-state index is 4.92. The summed E-state index contributed by atoms with van der Waals surface area (Å²) in [5.74, 6) is 1.61. The Bertz CT molecular complexity index is 461. The van der Waals surface area contributed by atoms with E-state index in [1.807, 2.05) is 11.3 Å². The average Bonchev–Trinajstić information content (AvgIpc) is 2.82. The molecule has 1 aromatic rings. The third-order valence-electron chi connectivity index (χ3n) is 4.49. The van der Waals surface area contributed by atoms with Crippen molar-refractivity contribution < 1.29 is 0 Å². The van der Waals surface area contributed by atoms with E-state index >= 15 is 0 Å². The zero-order valence-electron chi connectivity index (χ0n) is 14.5. The zero-order valence-corrected chi connectivity index (χ0v) is 15.3. The highest BCUT2D eigenvalue weighted by molar-refractivity contribution is 7.15. The molecule has 0 saturated carbocycles. The highest BCUT2D eigenvalue weighted by atomic mass is 32.1. The summed E-state index contributed by atoms with van der Waals surface area (Å²) in [6.45, 7) is 16.9. The van der Waals surface area contributed by atoms with Crippen LogP contribution in [0.5, 0.6) is 0 Å². The lowest BCUT2D eigenvalue weighted by Crippen LogP contribution is -2.38. The molecule has 0 spiro atoms. The highest BCUT2D eigenvalue weighted by Gasteiger charge is 2.25. The van der Waals surface area contributed by atoms with Gasteiger partial charge in [-0.25, -0.2) is 4.98 Å². The zero-order chi connectivity index (χ0) is 15.6. The average molecular weight is 310 g/mol.